The number of rotatable bonds is 3. The molecule has 1 aromatic rings. The average molecular weight is 226 g/mol. The van der Waals surface area contributed by atoms with Crippen LogP contribution >= 0.6 is 0 Å². The van der Waals surface area contributed by atoms with E-state index in [-0.39, 0.29) is 5.78 Å². The number of hydrogen-bond donors (Lipinski definition) is 0. The molecule has 0 amide bonds. The lowest BCUT2D eigenvalue weighted by molar-refractivity contribution is 0.103. The lowest BCUT2D eigenvalue weighted by atomic mass is 9.91. The molecule has 1 heteroatoms. The van der Waals surface area contributed by atoms with Crippen LogP contribution < -0.4 is 0 Å². The minimum Gasteiger partial charge on any atom is -0.289 e. The van der Waals surface area contributed by atoms with E-state index in [9.17, 15) is 4.79 Å². The summed E-state index contributed by atoms with van der Waals surface area (Å²) in [5.74, 6) is 0.688. The van der Waals surface area contributed by atoms with Gasteiger partial charge in [-0.05, 0) is 37.7 Å². The molecule has 88 valence electrons. The van der Waals surface area contributed by atoms with Gasteiger partial charge in [0.05, 0.1) is 0 Å². The predicted molar refractivity (Wildman–Crippen MR) is 71.0 cm³/mol. The highest BCUT2D eigenvalue weighted by Crippen LogP contribution is 2.21. The molecule has 0 fully saturated rings. The summed E-state index contributed by atoms with van der Waals surface area (Å²) < 4.78 is 0. The Kier molecular flexibility index (Phi) is 3.92. The first-order valence-corrected chi connectivity index (χ1v) is 6.20. The van der Waals surface area contributed by atoms with Crippen molar-refractivity contribution in [3.63, 3.8) is 0 Å². The number of carbonyl (C=O) groups is 1. The quantitative estimate of drug-likeness (QED) is 0.429. The summed E-state index contributed by atoms with van der Waals surface area (Å²) in [6.45, 7) is 1.92. The number of carbonyl (C=O) groups excluding carboxylic acids is 1. The van der Waals surface area contributed by atoms with Crippen molar-refractivity contribution in [3.05, 3.63) is 59.7 Å². The van der Waals surface area contributed by atoms with Crippen molar-refractivity contribution in [2.24, 2.45) is 5.92 Å². The molecule has 0 aromatic heterocycles. The van der Waals surface area contributed by atoms with Crippen molar-refractivity contribution in [3.8, 4) is 0 Å². The van der Waals surface area contributed by atoms with Crippen LogP contribution in [0, 0.1) is 5.92 Å². The number of benzene rings is 1. The molecule has 0 aliphatic heterocycles. The third-order valence-corrected chi connectivity index (χ3v) is 3.19. The zero-order valence-corrected chi connectivity index (χ0v) is 10.2. The molecule has 0 saturated heterocycles. The largest absolute Gasteiger partial charge is 0.289 e. The number of allylic oxidation sites excluding steroid dienone is 4. The van der Waals surface area contributed by atoms with Gasteiger partial charge in [-0.3, -0.25) is 4.79 Å². The fourth-order valence-electron chi connectivity index (χ4n) is 2.21. The van der Waals surface area contributed by atoms with Gasteiger partial charge in [-0.15, -0.1) is 0 Å². The van der Waals surface area contributed by atoms with Crippen LogP contribution in [0.5, 0.6) is 0 Å². The third kappa shape index (κ3) is 3.16. The zero-order chi connectivity index (χ0) is 12.1. The molecule has 1 aliphatic rings. The molecule has 0 saturated carbocycles. The molecule has 17 heavy (non-hydrogen) atoms. The van der Waals surface area contributed by atoms with E-state index in [1.54, 1.807) is 0 Å². The molecular formula is C16H18O. The maximum absolute atomic E-state index is 12.1. The fraction of sp³-hybridized carbons (Fsp3) is 0.312. The molecule has 0 heterocycles. The summed E-state index contributed by atoms with van der Waals surface area (Å²) in [4.78, 5) is 12.1. The molecular weight excluding hydrogens is 208 g/mol. The minimum absolute atomic E-state index is 0.153. The van der Waals surface area contributed by atoms with Gasteiger partial charge in [0.25, 0.3) is 0 Å². The SMILES string of the molecule is C/C(=C\C1CC=CCC1)C(=O)c1ccccc1. The van der Waals surface area contributed by atoms with Crippen LogP contribution in [0.3, 0.4) is 0 Å². The molecule has 1 aromatic carbocycles. The summed E-state index contributed by atoms with van der Waals surface area (Å²) >= 11 is 0. The van der Waals surface area contributed by atoms with Gasteiger partial charge in [0.1, 0.15) is 0 Å². The average Bonchev–Trinajstić information content (AvgIpc) is 2.40. The van der Waals surface area contributed by atoms with Crippen LogP contribution in [0.1, 0.15) is 36.5 Å². The van der Waals surface area contributed by atoms with Gasteiger partial charge in [-0.2, -0.15) is 0 Å². The van der Waals surface area contributed by atoms with Gasteiger partial charge >= 0.3 is 0 Å². The second kappa shape index (κ2) is 5.62. The standard InChI is InChI=1S/C16H18O/c1-13(12-14-8-4-2-5-9-14)16(17)15-10-6-3-7-11-15/h2-4,6-7,10-12,14H,5,8-9H2,1H3/b13-12+. The lowest BCUT2D eigenvalue weighted by Crippen LogP contribution is -2.05. The van der Waals surface area contributed by atoms with Crippen molar-refractivity contribution in [1.29, 1.82) is 0 Å². The highest BCUT2D eigenvalue weighted by Gasteiger charge is 2.11. The number of hydrogen-bond acceptors (Lipinski definition) is 1. The zero-order valence-electron chi connectivity index (χ0n) is 10.2. The smallest absolute Gasteiger partial charge is 0.188 e. The van der Waals surface area contributed by atoms with Gasteiger partial charge in [-0.1, -0.05) is 48.6 Å². The highest BCUT2D eigenvalue weighted by atomic mass is 16.1. The van der Waals surface area contributed by atoms with E-state index in [1.807, 2.05) is 37.3 Å². The molecule has 1 nitrogen and oxygen atoms in total. The Balaban J connectivity index is 2.09. The summed E-state index contributed by atoms with van der Waals surface area (Å²) in [5.41, 5.74) is 1.66. The van der Waals surface area contributed by atoms with Crippen LogP contribution in [-0.4, -0.2) is 5.78 Å². The van der Waals surface area contributed by atoms with Crippen LogP contribution in [0.2, 0.25) is 0 Å². The normalized spacial score (nSPS) is 20.3. The maximum Gasteiger partial charge on any atom is 0.188 e. The Labute approximate surface area is 103 Å². The minimum atomic E-state index is 0.153. The van der Waals surface area contributed by atoms with Gasteiger partial charge in [0.15, 0.2) is 5.78 Å². The monoisotopic (exact) mass is 226 g/mol. The Morgan fingerprint density at radius 2 is 2.00 bits per heavy atom. The van der Waals surface area contributed by atoms with Gasteiger partial charge in [0, 0.05) is 5.56 Å². The summed E-state index contributed by atoms with van der Waals surface area (Å²) in [6.07, 6.45) is 9.94. The van der Waals surface area contributed by atoms with Gasteiger partial charge in [0.2, 0.25) is 0 Å². The molecule has 0 bridgehead atoms. The second-order valence-electron chi connectivity index (χ2n) is 4.59. The topological polar surface area (TPSA) is 17.1 Å². The highest BCUT2D eigenvalue weighted by molar-refractivity contribution is 6.08. The first kappa shape index (κ1) is 11.8. The van der Waals surface area contributed by atoms with Crippen molar-refractivity contribution in [2.45, 2.75) is 26.2 Å². The molecule has 1 atom stereocenters. The fourth-order valence-corrected chi connectivity index (χ4v) is 2.21. The van der Waals surface area contributed by atoms with Crippen LogP contribution in [0.4, 0.5) is 0 Å². The van der Waals surface area contributed by atoms with E-state index in [2.05, 4.69) is 18.2 Å². The molecule has 1 unspecified atom stereocenters. The van der Waals surface area contributed by atoms with Crippen molar-refractivity contribution in [2.75, 3.05) is 0 Å². The van der Waals surface area contributed by atoms with Crippen molar-refractivity contribution in [1.82, 2.24) is 0 Å². The van der Waals surface area contributed by atoms with Crippen LogP contribution in [0.25, 0.3) is 0 Å². The molecule has 2 rings (SSSR count). The maximum atomic E-state index is 12.1. The van der Waals surface area contributed by atoms with Gasteiger partial charge < -0.3 is 0 Å². The Hall–Kier alpha value is -1.63. The van der Waals surface area contributed by atoms with Crippen molar-refractivity contribution >= 4 is 5.78 Å². The van der Waals surface area contributed by atoms with E-state index in [0.29, 0.717) is 5.92 Å². The Morgan fingerprint density at radius 3 is 2.65 bits per heavy atom. The van der Waals surface area contributed by atoms with Gasteiger partial charge in [-0.25, -0.2) is 0 Å². The first-order valence-electron chi connectivity index (χ1n) is 6.20. The molecule has 0 spiro atoms. The van der Waals surface area contributed by atoms with E-state index >= 15 is 0 Å². The first-order chi connectivity index (χ1) is 8.27. The van der Waals surface area contributed by atoms with E-state index in [1.165, 1.54) is 0 Å². The van der Waals surface area contributed by atoms with E-state index in [0.717, 1.165) is 30.4 Å². The number of Topliss-reactive ketones (excluding diaryl/α,β-unsaturated/α-hetero) is 1. The van der Waals surface area contributed by atoms with E-state index < -0.39 is 0 Å². The lowest BCUT2D eigenvalue weighted by Gasteiger charge is -2.14. The van der Waals surface area contributed by atoms with Crippen LogP contribution in [-0.2, 0) is 0 Å². The molecule has 1 aliphatic carbocycles. The van der Waals surface area contributed by atoms with E-state index in [4.69, 9.17) is 0 Å². The third-order valence-electron chi connectivity index (χ3n) is 3.19. The molecule has 0 radical (unpaired) electrons. The predicted octanol–water partition coefficient (Wildman–Crippen LogP) is 4.17. The van der Waals surface area contributed by atoms with Crippen molar-refractivity contribution < 1.29 is 4.79 Å². The Morgan fingerprint density at radius 1 is 1.24 bits per heavy atom. The summed E-state index contributed by atoms with van der Waals surface area (Å²) in [7, 11) is 0. The molecule has 0 N–H and O–H groups in total. The Bertz CT molecular complexity index is 440. The van der Waals surface area contributed by atoms with Crippen LogP contribution in [0.15, 0.2) is 54.1 Å². The summed E-state index contributed by atoms with van der Waals surface area (Å²) in [6, 6.07) is 9.50. The summed E-state index contributed by atoms with van der Waals surface area (Å²) in [5, 5.41) is 0. The number of ketones is 1. The second-order valence-corrected chi connectivity index (χ2v) is 4.59.